The summed E-state index contributed by atoms with van der Waals surface area (Å²) in [5, 5.41) is 0. The van der Waals surface area contributed by atoms with Crippen LogP contribution in [0.25, 0.3) is 0 Å². The molecule has 0 saturated carbocycles. The van der Waals surface area contributed by atoms with Crippen molar-refractivity contribution < 1.29 is 0 Å². The molecule has 0 heterocycles. The van der Waals surface area contributed by atoms with Gasteiger partial charge in [0, 0.05) is 5.88 Å². The molecular weight excluding hydrogens is 156 g/mol. The second-order valence-electron chi connectivity index (χ2n) is 4.23. The van der Waals surface area contributed by atoms with E-state index in [0.717, 1.165) is 11.8 Å². The molecule has 0 rings (SSSR count). The van der Waals surface area contributed by atoms with E-state index in [2.05, 4.69) is 27.7 Å². The van der Waals surface area contributed by atoms with Crippen LogP contribution in [0.3, 0.4) is 0 Å². The Labute approximate surface area is 76.3 Å². The summed E-state index contributed by atoms with van der Waals surface area (Å²) >= 11 is 5.89. The van der Waals surface area contributed by atoms with Gasteiger partial charge in [-0.15, -0.1) is 11.6 Å². The Balaban J connectivity index is 3.69. The molecule has 0 aliphatic heterocycles. The molecule has 0 aromatic carbocycles. The van der Waals surface area contributed by atoms with Crippen LogP contribution in [0, 0.1) is 11.3 Å². The van der Waals surface area contributed by atoms with E-state index < -0.39 is 0 Å². The fourth-order valence-corrected chi connectivity index (χ4v) is 1.30. The summed E-state index contributed by atoms with van der Waals surface area (Å²) in [6.45, 7) is 9.04. The van der Waals surface area contributed by atoms with Crippen LogP contribution in [0.2, 0.25) is 0 Å². The van der Waals surface area contributed by atoms with Crippen molar-refractivity contribution in [2.24, 2.45) is 11.3 Å². The minimum atomic E-state index is 0.381. The highest BCUT2D eigenvalue weighted by atomic mass is 35.5. The van der Waals surface area contributed by atoms with Crippen molar-refractivity contribution >= 4 is 11.6 Å². The van der Waals surface area contributed by atoms with Crippen LogP contribution >= 0.6 is 11.6 Å². The fraction of sp³-hybridized carbons (Fsp3) is 1.00. The highest BCUT2D eigenvalue weighted by Crippen LogP contribution is 2.30. The molecule has 1 heteroatoms. The Kier molecular flexibility index (Phi) is 5.16. The lowest BCUT2D eigenvalue weighted by Gasteiger charge is -2.26. The van der Waals surface area contributed by atoms with Gasteiger partial charge in [-0.05, 0) is 24.2 Å². The lowest BCUT2D eigenvalue weighted by molar-refractivity contribution is 0.299. The predicted octanol–water partition coefficient (Wildman–Crippen LogP) is 4.08. The third-order valence-corrected chi connectivity index (χ3v) is 3.15. The highest BCUT2D eigenvalue weighted by Gasteiger charge is 2.20. The molecule has 0 amide bonds. The van der Waals surface area contributed by atoms with Gasteiger partial charge < -0.3 is 0 Å². The van der Waals surface area contributed by atoms with E-state index in [1.54, 1.807) is 0 Å². The SMILES string of the molecule is CCC(C)(CCl)CCC(C)C. The average molecular weight is 177 g/mol. The Bertz CT molecular complexity index is 93.0. The zero-order valence-electron chi connectivity index (χ0n) is 8.28. The average Bonchev–Trinajstić information content (AvgIpc) is 2.00. The van der Waals surface area contributed by atoms with E-state index in [1.165, 1.54) is 19.3 Å². The number of alkyl halides is 1. The third kappa shape index (κ3) is 4.68. The number of hydrogen-bond acceptors (Lipinski definition) is 0. The van der Waals surface area contributed by atoms with Crippen molar-refractivity contribution in [3.8, 4) is 0 Å². The zero-order valence-corrected chi connectivity index (χ0v) is 9.04. The van der Waals surface area contributed by atoms with E-state index >= 15 is 0 Å². The van der Waals surface area contributed by atoms with Crippen LogP contribution in [0.15, 0.2) is 0 Å². The van der Waals surface area contributed by atoms with E-state index in [9.17, 15) is 0 Å². The lowest BCUT2D eigenvalue weighted by atomic mass is 9.83. The molecule has 11 heavy (non-hydrogen) atoms. The zero-order chi connectivity index (χ0) is 8.91. The number of rotatable bonds is 5. The Morgan fingerprint density at radius 2 is 1.91 bits per heavy atom. The maximum Gasteiger partial charge on any atom is 0.0277 e. The van der Waals surface area contributed by atoms with Crippen molar-refractivity contribution in [1.82, 2.24) is 0 Å². The lowest BCUT2D eigenvalue weighted by Crippen LogP contribution is -2.17. The van der Waals surface area contributed by atoms with Crippen LogP contribution in [0.5, 0.6) is 0 Å². The first-order valence-corrected chi connectivity index (χ1v) is 5.13. The Hall–Kier alpha value is 0.290. The van der Waals surface area contributed by atoms with Gasteiger partial charge in [0.15, 0.2) is 0 Å². The van der Waals surface area contributed by atoms with Crippen LogP contribution in [-0.4, -0.2) is 5.88 Å². The van der Waals surface area contributed by atoms with Gasteiger partial charge in [0.1, 0.15) is 0 Å². The van der Waals surface area contributed by atoms with Gasteiger partial charge in [0.2, 0.25) is 0 Å². The summed E-state index contributed by atoms with van der Waals surface area (Å²) < 4.78 is 0. The summed E-state index contributed by atoms with van der Waals surface area (Å²) in [6.07, 6.45) is 3.77. The first-order valence-electron chi connectivity index (χ1n) is 4.60. The molecule has 0 spiro atoms. The van der Waals surface area contributed by atoms with Crippen LogP contribution in [0.1, 0.15) is 47.0 Å². The van der Waals surface area contributed by atoms with Crippen molar-refractivity contribution in [3.05, 3.63) is 0 Å². The smallest absolute Gasteiger partial charge is 0.0277 e. The fourth-order valence-electron chi connectivity index (χ4n) is 0.975. The molecule has 0 aliphatic rings. The van der Waals surface area contributed by atoms with Gasteiger partial charge in [-0.1, -0.05) is 34.1 Å². The molecule has 0 radical (unpaired) electrons. The van der Waals surface area contributed by atoms with Gasteiger partial charge >= 0.3 is 0 Å². The van der Waals surface area contributed by atoms with Gasteiger partial charge in [0.25, 0.3) is 0 Å². The van der Waals surface area contributed by atoms with Gasteiger partial charge in [-0.2, -0.15) is 0 Å². The van der Waals surface area contributed by atoms with Crippen molar-refractivity contribution in [3.63, 3.8) is 0 Å². The second-order valence-corrected chi connectivity index (χ2v) is 4.50. The highest BCUT2D eigenvalue weighted by molar-refractivity contribution is 6.18. The first kappa shape index (κ1) is 11.3. The summed E-state index contributed by atoms with van der Waals surface area (Å²) in [4.78, 5) is 0. The molecule has 0 nitrogen and oxygen atoms in total. The molecule has 0 N–H and O–H groups in total. The van der Waals surface area contributed by atoms with Gasteiger partial charge in [-0.25, -0.2) is 0 Å². The predicted molar refractivity (Wildman–Crippen MR) is 53.2 cm³/mol. The maximum absolute atomic E-state index is 5.89. The van der Waals surface area contributed by atoms with Crippen molar-refractivity contribution in [1.29, 1.82) is 0 Å². The molecule has 0 aliphatic carbocycles. The molecule has 1 atom stereocenters. The number of hydrogen-bond donors (Lipinski definition) is 0. The molecular formula is C10H21Cl. The summed E-state index contributed by atoms with van der Waals surface area (Å²) in [7, 11) is 0. The molecule has 0 aromatic heterocycles. The van der Waals surface area contributed by atoms with Crippen LogP contribution in [0.4, 0.5) is 0 Å². The van der Waals surface area contributed by atoms with Gasteiger partial charge in [-0.3, -0.25) is 0 Å². The normalized spacial score (nSPS) is 16.9. The molecule has 0 bridgehead atoms. The molecule has 0 fully saturated rings. The third-order valence-electron chi connectivity index (χ3n) is 2.50. The molecule has 0 aromatic rings. The molecule has 1 unspecified atom stereocenters. The Morgan fingerprint density at radius 3 is 2.18 bits per heavy atom. The topological polar surface area (TPSA) is 0 Å². The van der Waals surface area contributed by atoms with Crippen LogP contribution in [-0.2, 0) is 0 Å². The standard InChI is InChI=1S/C10H21Cl/c1-5-10(4,8-11)7-6-9(2)3/h9H,5-8H2,1-4H3. The number of halogens is 1. The maximum atomic E-state index is 5.89. The molecule has 68 valence electrons. The van der Waals surface area contributed by atoms with E-state index in [1.807, 2.05) is 0 Å². The monoisotopic (exact) mass is 176 g/mol. The summed E-state index contributed by atoms with van der Waals surface area (Å²) in [6, 6.07) is 0. The first-order chi connectivity index (χ1) is 5.04. The minimum absolute atomic E-state index is 0.381. The van der Waals surface area contributed by atoms with Crippen molar-refractivity contribution in [2.45, 2.75) is 47.0 Å². The molecule has 0 saturated heterocycles. The summed E-state index contributed by atoms with van der Waals surface area (Å²) in [5.74, 6) is 1.61. The van der Waals surface area contributed by atoms with E-state index in [-0.39, 0.29) is 0 Å². The quantitative estimate of drug-likeness (QED) is 0.554. The van der Waals surface area contributed by atoms with E-state index in [0.29, 0.717) is 5.41 Å². The summed E-state index contributed by atoms with van der Waals surface area (Å²) in [5.41, 5.74) is 0.381. The van der Waals surface area contributed by atoms with Crippen LogP contribution < -0.4 is 0 Å². The van der Waals surface area contributed by atoms with Crippen molar-refractivity contribution in [2.75, 3.05) is 5.88 Å². The minimum Gasteiger partial charge on any atom is -0.126 e. The second kappa shape index (κ2) is 5.03. The largest absolute Gasteiger partial charge is 0.126 e. The Morgan fingerprint density at radius 1 is 1.36 bits per heavy atom. The van der Waals surface area contributed by atoms with E-state index in [4.69, 9.17) is 11.6 Å². The van der Waals surface area contributed by atoms with Gasteiger partial charge in [0.05, 0.1) is 0 Å².